The molecule has 3 heterocycles. The molecule has 1 aliphatic rings. The van der Waals surface area contributed by atoms with Crippen LogP contribution >= 0.6 is 0 Å². The molecule has 1 fully saturated rings. The van der Waals surface area contributed by atoms with Crippen molar-refractivity contribution < 1.29 is 9.53 Å². The van der Waals surface area contributed by atoms with Gasteiger partial charge in [-0.1, -0.05) is 12.1 Å². The fourth-order valence-corrected chi connectivity index (χ4v) is 4.06. The van der Waals surface area contributed by atoms with Crippen LogP contribution in [-0.2, 0) is 7.05 Å². The van der Waals surface area contributed by atoms with Crippen molar-refractivity contribution in [2.24, 2.45) is 7.05 Å². The Balaban J connectivity index is 1.61. The Bertz CT molecular complexity index is 1020. The summed E-state index contributed by atoms with van der Waals surface area (Å²) in [5.41, 5.74) is 5.27. The highest BCUT2D eigenvalue weighted by molar-refractivity contribution is 5.94. The first-order chi connectivity index (χ1) is 13.5. The summed E-state index contributed by atoms with van der Waals surface area (Å²) in [6.45, 7) is 4.70. The van der Waals surface area contributed by atoms with Crippen molar-refractivity contribution in [2.75, 3.05) is 13.7 Å². The van der Waals surface area contributed by atoms with Gasteiger partial charge in [0, 0.05) is 24.8 Å². The van der Waals surface area contributed by atoms with Gasteiger partial charge in [0.05, 0.1) is 24.5 Å². The normalized spacial score (nSPS) is 16.6. The van der Waals surface area contributed by atoms with Gasteiger partial charge in [-0.05, 0) is 50.5 Å². The molecule has 1 atom stereocenters. The Labute approximate surface area is 164 Å². The minimum atomic E-state index is -0.0248. The van der Waals surface area contributed by atoms with E-state index in [-0.39, 0.29) is 11.9 Å². The molecule has 0 saturated carbocycles. The van der Waals surface area contributed by atoms with E-state index < -0.39 is 0 Å². The number of rotatable bonds is 4. The van der Waals surface area contributed by atoms with Gasteiger partial charge >= 0.3 is 0 Å². The zero-order valence-electron chi connectivity index (χ0n) is 16.7. The zero-order valence-corrected chi connectivity index (χ0v) is 16.7. The van der Waals surface area contributed by atoms with Crippen molar-refractivity contribution in [1.29, 1.82) is 0 Å². The average molecular weight is 379 g/mol. The molecule has 4 rings (SSSR count). The lowest BCUT2D eigenvalue weighted by Crippen LogP contribution is -2.30. The molecule has 1 aromatic carbocycles. The maximum absolute atomic E-state index is 13.2. The highest BCUT2D eigenvalue weighted by Crippen LogP contribution is 2.35. The molecule has 0 aliphatic carbocycles. The number of aromatic nitrogens is 4. The summed E-state index contributed by atoms with van der Waals surface area (Å²) in [7, 11) is 3.57. The van der Waals surface area contributed by atoms with Crippen LogP contribution in [0.15, 0.2) is 30.3 Å². The fourth-order valence-electron chi connectivity index (χ4n) is 4.06. The first-order valence-corrected chi connectivity index (χ1v) is 9.50. The number of hydrogen-bond donors (Lipinski definition) is 1. The number of nitrogens with zero attached hydrogens (tertiary/aromatic N) is 4. The van der Waals surface area contributed by atoms with Crippen molar-refractivity contribution in [3.63, 3.8) is 0 Å². The number of aromatic amines is 1. The Morgan fingerprint density at radius 3 is 2.82 bits per heavy atom. The molecule has 0 bridgehead atoms. The van der Waals surface area contributed by atoms with E-state index in [2.05, 4.69) is 21.4 Å². The molecule has 1 amide bonds. The zero-order chi connectivity index (χ0) is 19.8. The maximum atomic E-state index is 13.2. The topological polar surface area (TPSA) is 76.0 Å². The van der Waals surface area contributed by atoms with Crippen LogP contribution in [0.25, 0.3) is 11.3 Å². The van der Waals surface area contributed by atoms with Gasteiger partial charge in [-0.2, -0.15) is 10.2 Å². The first kappa shape index (κ1) is 18.3. The number of aryl methyl sites for hydroxylation is 2. The largest absolute Gasteiger partial charge is 0.497 e. The number of nitrogens with one attached hydrogen (secondary N) is 1. The third kappa shape index (κ3) is 3.06. The predicted octanol–water partition coefficient (Wildman–Crippen LogP) is 3.41. The molecule has 3 aromatic rings. The summed E-state index contributed by atoms with van der Waals surface area (Å²) in [5, 5.41) is 11.8. The summed E-state index contributed by atoms with van der Waals surface area (Å²) >= 11 is 0. The summed E-state index contributed by atoms with van der Waals surface area (Å²) < 4.78 is 7.18. The highest BCUT2D eigenvalue weighted by atomic mass is 16.5. The van der Waals surface area contributed by atoms with E-state index in [1.54, 1.807) is 7.11 Å². The van der Waals surface area contributed by atoms with Gasteiger partial charge in [-0.3, -0.25) is 14.6 Å². The van der Waals surface area contributed by atoms with E-state index in [9.17, 15) is 4.79 Å². The molecule has 1 aliphatic heterocycles. The van der Waals surface area contributed by atoms with Crippen molar-refractivity contribution in [3.05, 3.63) is 53.0 Å². The van der Waals surface area contributed by atoms with Crippen LogP contribution in [0.2, 0.25) is 0 Å². The summed E-state index contributed by atoms with van der Waals surface area (Å²) in [6, 6.07) is 9.84. The molecule has 7 nitrogen and oxygen atoms in total. The van der Waals surface area contributed by atoms with E-state index in [0.29, 0.717) is 5.69 Å². The van der Waals surface area contributed by atoms with Crippen LogP contribution in [0, 0.1) is 13.8 Å². The van der Waals surface area contributed by atoms with Gasteiger partial charge in [-0.15, -0.1) is 0 Å². The lowest BCUT2D eigenvalue weighted by atomic mass is 10.0. The number of methoxy groups -OCH3 is 1. The van der Waals surface area contributed by atoms with Gasteiger partial charge in [0.1, 0.15) is 11.4 Å². The van der Waals surface area contributed by atoms with Crippen LogP contribution < -0.4 is 4.74 Å². The molecular weight excluding hydrogens is 354 g/mol. The van der Waals surface area contributed by atoms with E-state index >= 15 is 0 Å². The Kier molecular flexibility index (Phi) is 4.66. The number of carbonyl (C=O) groups is 1. The van der Waals surface area contributed by atoms with Gasteiger partial charge in [0.15, 0.2) is 0 Å². The van der Waals surface area contributed by atoms with E-state index in [4.69, 9.17) is 4.74 Å². The van der Waals surface area contributed by atoms with Gasteiger partial charge in [0.2, 0.25) is 0 Å². The van der Waals surface area contributed by atoms with Crippen LogP contribution in [-0.4, -0.2) is 44.4 Å². The minimum absolute atomic E-state index is 0.0248. The Hall–Kier alpha value is -3.09. The van der Waals surface area contributed by atoms with Gasteiger partial charge in [0.25, 0.3) is 5.91 Å². The third-order valence-electron chi connectivity index (χ3n) is 5.57. The summed E-state index contributed by atoms with van der Waals surface area (Å²) in [5.74, 6) is 0.784. The monoisotopic (exact) mass is 379 g/mol. The molecule has 1 saturated heterocycles. The second kappa shape index (κ2) is 7.14. The molecule has 1 unspecified atom stereocenters. The molecule has 28 heavy (non-hydrogen) atoms. The first-order valence-electron chi connectivity index (χ1n) is 9.50. The van der Waals surface area contributed by atoms with Crippen LogP contribution in [0.1, 0.15) is 46.3 Å². The van der Waals surface area contributed by atoms with Crippen LogP contribution in [0.5, 0.6) is 5.75 Å². The Morgan fingerprint density at radius 1 is 1.29 bits per heavy atom. The SMILES string of the molecule is COc1cccc(C2CCCN2C(=O)c2cc(-c3c(C)nn(C)c3C)n[nH]2)c1. The van der Waals surface area contributed by atoms with Crippen LogP contribution in [0.4, 0.5) is 0 Å². The van der Waals surface area contributed by atoms with E-state index in [1.165, 1.54) is 0 Å². The van der Waals surface area contributed by atoms with Crippen molar-refractivity contribution in [3.8, 4) is 17.0 Å². The van der Waals surface area contributed by atoms with Gasteiger partial charge in [-0.25, -0.2) is 0 Å². The quantitative estimate of drug-likeness (QED) is 0.754. The summed E-state index contributed by atoms with van der Waals surface area (Å²) in [6.07, 6.45) is 1.93. The third-order valence-corrected chi connectivity index (χ3v) is 5.57. The smallest absolute Gasteiger partial charge is 0.272 e. The van der Waals surface area contributed by atoms with Crippen LogP contribution in [0.3, 0.4) is 0 Å². The van der Waals surface area contributed by atoms with Crippen molar-refractivity contribution >= 4 is 5.91 Å². The van der Waals surface area contributed by atoms with Crippen molar-refractivity contribution in [1.82, 2.24) is 24.9 Å². The number of hydrogen-bond acceptors (Lipinski definition) is 4. The maximum Gasteiger partial charge on any atom is 0.272 e. The average Bonchev–Trinajstić information content (AvgIpc) is 3.41. The fraction of sp³-hybridized carbons (Fsp3) is 0.381. The van der Waals surface area contributed by atoms with E-state index in [0.717, 1.165) is 53.3 Å². The molecule has 0 radical (unpaired) electrons. The highest BCUT2D eigenvalue weighted by Gasteiger charge is 2.32. The second-order valence-electron chi connectivity index (χ2n) is 7.27. The molecule has 1 N–H and O–H groups in total. The molecule has 0 spiro atoms. The second-order valence-corrected chi connectivity index (χ2v) is 7.27. The number of benzene rings is 1. The number of ether oxygens (including phenoxy) is 1. The lowest BCUT2D eigenvalue weighted by Gasteiger charge is -2.24. The van der Waals surface area contributed by atoms with Gasteiger partial charge < -0.3 is 9.64 Å². The lowest BCUT2D eigenvalue weighted by molar-refractivity contribution is 0.0729. The molecule has 2 aromatic heterocycles. The Morgan fingerprint density at radius 2 is 2.11 bits per heavy atom. The molecule has 146 valence electrons. The summed E-state index contributed by atoms with van der Waals surface area (Å²) in [4.78, 5) is 15.1. The number of H-pyrrole nitrogens is 1. The predicted molar refractivity (Wildman–Crippen MR) is 106 cm³/mol. The van der Waals surface area contributed by atoms with Crippen molar-refractivity contribution in [2.45, 2.75) is 32.7 Å². The molecule has 7 heteroatoms. The molecular formula is C21H25N5O2. The number of carbonyl (C=O) groups excluding carboxylic acids is 1. The number of likely N-dealkylation sites (tertiary alicyclic amines) is 1. The number of amides is 1. The minimum Gasteiger partial charge on any atom is -0.497 e. The standard InChI is InChI=1S/C21H25N5O2/c1-13-20(14(2)25(3)24-13)17-12-18(23-22-17)21(27)26-10-6-9-19(26)15-7-5-8-16(11-15)28-4/h5,7-8,11-12,19H,6,9-10H2,1-4H3,(H,22,23). The van der Waals surface area contributed by atoms with E-state index in [1.807, 2.05) is 54.7 Å².